The van der Waals surface area contributed by atoms with E-state index < -0.39 is 11.7 Å². The third-order valence-electron chi connectivity index (χ3n) is 3.46. The van der Waals surface area contributed by atoms with E-state index in [-0.39, 0.29) is 28.2 Å². The average molecular weight is 359 g/mol. The normalized spacial score (nSPS) is 11.2. The number of pyridine rings is 1. The van der Waals surface area contributed by atoms with Gasteiger partial charge in [-0.25, -0.2) is 4.68 Å². The zero-order chi connectivity index (χ0) is 18.7. The van der Waals surface area contributed by atoms with Crippen molar-refractivity contribution < 1.29 is 17.9 Å². The lowest BCUT2D eigenvalue weighted by Gasteiger charge is -2.17. The van der Waals surface area contributed by atoms with Crippen molar-refractivity contribution in [2.24, 2.45) is 0 Å². The highest BCUT2D eigenvalue weighted by molar-refractivity contribution is 5.74. The molecule has 0 saturated carbocycles. The van der Waals surface area contributed by atoms with Crippen molar-refractivity contribution >= 4 is 6.34 Å². The molecule has 0 radical (unpaired) electrons. The van der Waals surface area contributed by atoms with Crippen molar-refractivity contribution in [3.05, 3.63) is 65.9 Å². The summed E-state index contributed by atoms with van der Waals surface area (Å²) in [4.78, 5) is 3.87. The summed E-state index contributed by atoms with van der Waals surface area (Å²) in [5.41, 5.74) is -0.845. The molecule has 0 atom stereocenters. The summed E-state index contributed by atoms with van der Waals surface area (Å²) in [7, 11) is 0. The lowest BCUT2D eigenvalue weighted by atomic mass is 9.99. The molecule has 0 aliphatic carbocycles. The highest BCUT2D eigenvalue weighted by Gasteiger charge is 2.35. The molecule has 0 unspecified atom stereocenters. The minimum atomic E-state index is -4.59. The fraction of sp³-hybridized carbons (Fsp3) is 0.0588. The lowest BCUT2D eigenvalue weighted by molar-refractivity contribution is -0.137. The Bertz CT molecular complexity index is 999. The van der Waals surface area contributed by atoms with Gasteiger partial charge in [0.05, 0.1) is 5.56 Å². The Labute approximate surface area is 145 Å². The fourth-order valence-electron chi connectivity index (χ4n) is 2.35. The largest absolute Gasteiger partial charge is 0.437 e. The van der Waals surface area contributed by atoms with Gasteiger partial charge in [0.1, 0.15) is 17.6 Å². The first-order valence-electron chi connectivity index (χ1n) is 7.33. The molecule has 0 aliphatic rings. The maximum absolute atomic E-state index is 13.5. The van der Waals surface area contributed by atoms with Crippen LogP contribution >= 0.6 is 0 Å². The third-order valence-corrected chi connectivity index (χ3v) is 3.46. The van der Waals surface area contributed by atoms with E-state index in [1.54, 1.807) is 0 Å². The van der Waals surface area contributed by atoms with E-state index in [0.717, 1.165) is 17.1 Å². The van der Waals surface area contributed by atoms with Gasteiger partial charge in [-0.15, -0.1) is 5.10 Å². The third kappa shape index (κ3) is 3.46. The number of aromatic nitrogens is 3. The Morgan fingerprint density at radius 2 is 1.88 bits per heavy atom. The summed E-state index contributed by atoms with van der Waals surface area (Å²) in [5.74, 6) is -0.108. The summed E-state index contributed by atoms with van der Waals surface area (Å²) >= 11 is 0. The topological polar surface area (TPSA) is 87.6 Å². The van der Waals surface area contributed by atoms with Crippen LogP contribution < -0.4 is 10.2 Å². The van der Waals surface area contributed by atoms with Gasteiger partial charge in [-0.05, 0) is 24.3 Å². The van der Waals surface area contributed by atoms with Crippen LogP contribution in [0.5, 0.6) is 11.6 Å². The first-order chi connectivity index (χ1) is 12.4. The molecular formula is C17H12F3N5O. The number of nitrogens with one attached hydrogen (secondary N) is 2. The predicted octanol–water partition coefficient (Wildman–Crippen LogP) is 3.69. The Morgan fingerprint density at radius 1 is 1.08 bits per heavy atom. The molecule has 0 fully saturated rings. The number of halogens is 3. The minimum Gasteiger partial charge on any atom is -0.437 e. The van der Waals surface area contributed by atoms with Gasteiger partial charge < -0.3 is 4.74 Å². The zero-order valence-electron chi connectivity index (χ0n) is 13.2. The molecule has 0 saturated heterocycles. The highest BCUT2D eigenvalue weighted by atomic mass is 19.4. The van der Waals surface area contributed by atoms with Gasteiger partial charge in [-0.3, -0.25) is 15.8 Å². The fourth-order valence-corrected chi connectivity index (χ4v) is 2.35. The monoisotopic (exact) mass is 359 g/mol. The summed E-state index contributed by atoms with van der Waals surface area (Å²) in [5, 5.41) is 18.7. The van der Waals surface area contributed by atoms with Gasteiger partial charge >= 0.3 is 6.18 Å². The number of rotatable bonds is 4. The van der Waals surface area contributed by atoms with Crippen LogP contribution in [0.15, 0.2) is 54.9 Å². The lowest BCUT2D eigenvalue weighted by Crippen LogP contribution is -2.21. The van der Waals surface area contributed by atoms with Crippen LogP contribution in [0.25, 0.3) is 11.1 Å². The number of nitrogens with zero attached hydrogens (tertiary/aromatic N) is 3. The second kappa shape index (κ2) is 6.79. The van der Waals surface area contributed by atoms with Gasteiger partial charge in [0.15, 0.2) is 0 Å². The quantitative estimate of drug-likeness (QED) is 0.550. The number of hydrogen-bond acceptors (Lipinski definition) is 5. The molecule has 2 aromatic heterocycles. The zero-order valence-corrected chi connectivity index (χ0v) is 13.2. The van der Waals surface area contributed by atoms with E-state index in [4.69, 9.17) is 15.6 Å². The van der Waals surface area contributed by atoms with E-state index in [9.17, 15) is 13.2 Å². The maximum Gasteiger partial charge on any atom is 0.417 e. The Balaban J connectivity index is 2.16. The number of hydrogen-bond donors (Lipinski definition) is 2. The van der Waals surface area contributed by atoms with E-state index in [1.165, 1.54) is 48.8 Å². The molecule has 3 aromatic rings. The molecule has 2 heterocycles. The van der Waals surface area contributed by atoms with Crippen molar-refractivity contribution in [3.63, 3.8) is 0 Å². The molecule has 0 aliphatic heterocycles. The molecule has 0 bridgehead atoms. The van der Waals surface area contributed by atoms with Crippen LogP contribution in [0.4, 0.5) is 13.2 Å². The summed E-state index contributed by atoms with van der Waals surface area (Å²) in [6.07, 6.45) is -1.02. The second-order valence-corrected chi connectivity index (χ2v) is 5.15. The van der Waals surface area contributed by atoms with E-state index in [0.29, 0.717) is 0 Å². The molecule has 0 amide bonds. The standard InChI is InChI=1S/C17H12F3N5O/c18-17(19,20)12-4-1-5-13(16(12)11-3-2-8-23-9-11)26-15-7-6-14(22)25(10-21)24-15/h1-10,21-22H. The van der Waals surface area contributed by atoms with Crippen molar-refractivity contribution in [2.75, 3.05) is 0 Å². The van der Waals surface area contributed by atoms with E-state index in [2.05, 4.69) is 10.1 Å². The second-order valence-electron chi connectivity index (χ2n) is 5.15. The first-order valence-corrected chi connectivity index (χ1v) is 7.33. The number of alkyl halides is 3. The summed E-state index contributed by atoms with van der Waals surface area (Å²) in [6.45, 7) is 0. The molecule has 2 N–H and O–H groups in total. The van der Waals surface area contributed by atoms with Crippen LogP contribution in [-0.4, -0.2) is 21.1 Å². The Hall–Kier alpha value is -3.49. The van der Waals surface area contributed by atoms with Crippen molar-refractivity contribution in [1.29, 1.82) is 10.8 Å². The number of benzene rings is 1. The van der Waals surface area contributed by atoms with Gasteiger partial charge in [0.2, 0.25) is 5.88 Å². The van der Waals surface area contributed by atoms with Crippen LogP contribution in [0.1, 0.15) is 5.56 Å². The minimum absolute atomic E-state index is 0.0473. The SMILES string of the molecule is N=Cn1nc(Oc2cccc(C(F)(F)F)c2-c2cccnc2)ccc1=N. The number of ether oxygens (including phenoxy) is 1. The highest BCUT2D eigenvalue weighted by Crippen LogP contribution is 2.42. The van der Waals surface area contributed by atoms with Crippen LogP contribution in [0, 0.1) is 10.8 Å². The smallest absolute Gasteiger partial charge is 0.417 e. The van der Waals surface area contributed by atoms with E-state index >= 15 is 0 Å². The van der Waals surface area contributed by atoms with Crippen molar-refractivity contribution in [1.82, 2.24) is 14.8 Å². The van der Waals surface area contributed by atoms with Crippen molar-refractivity contribution in [2.45, 2.75) is 6.18 Å². The molecule has 6 nitrogen and oxygen atoms in total. The molecule has 26 heavy (non-hydrogen) atoms. The summed E-state index contributed by atoms with van der Waals surface area (Å²) in [6, 6.07) is 9.29. The van der Waals surface area contributed by atoms with Crippen LogP contribution in [-0.2, 0) is 6.18 Å². The summed E-state index contributed by atoms with van der Waals surface area (Å²) < 4.78 is 46.9. The molecule has 3 rings (SSSR count). The van der Waals surface area contributed by atoms with Gasteiger partial charge in [-0.1, -0.05) is 12.1 Å². The Morgan fingerprint density at radius 3 is 2.54 bits per heavy atom. The van der Waals surface area contributed by atoms with Gasteiger partial charge in [0.25, 0.3) is 0 Å². The van der Waals surface area contributed by atoms with Gasteiger partial charge in [0, 0.05) is 29.6 Å². The van der Waals surface area contributed by atoms with Gasteiger partial charge in [-0.2, -0.15) is 13.2 Å². The van der Waals surface area contributed by atoms with Crippen LogP contribution in [0.3, 0.4) is 0 Å². The Kier molecular flexibility index (Phi) is 4.53. The van der Waals surface area contributed by atoms with E-state index in [1.807, 2.05) is 0 Å². The molecule has 9 heteroatoms. The first kappa shape index (κ1) is 17.3. The molecular weight excluding hydrogens is 347 g/mol. The average Bonchev–Trinajstić information content (AvgIpc) is 2.63. The maximum atomic E-state index is 13.5. The molecule has 1 aromatic carbocycles. The predicted molar refractivity (Wildman–Crippen MR) is 87.0 cm³/mol. The van der Waals surface area contributed by atoms with Crippen molar-refractivity contribution in [3.8, 4) is 22.8 Å². The molecule has 0 spiro atoms. The van der Waals surface area contributed by atoms with Crippen LogP contribution in [0.2, 0.25) is 0 Å². The molecule has 132 valence electrons.